The van der Waals surface area contributed by atoms with Gasteiger partial charge in [0.05, 0.1) is 17.8 Å². The van der Waals surface area contributed by atoms with Gasteiger partial charge < -0.3 is 10.3 Å². The van der Waals surface area contributed by atoms with E-state index in [1.165, 1.54) is 6.20 Å². The lowest BCUT2D eigenvalue weighted by molar-refractivity contribution is 0.0950. The van der Waals surface area contributed by atoms with Crippen molar-refractivity contribution in [3.8, 4) is 11.1 Å². The molecule has 26 heavy (non-hydrogen) atoms. The van der Waals surface area contributed by atoms with Crippen LogP contribution < -0.4 is 10.9 Å². The molecular formula is C20H20N4O2. The van der Waals surface area contributed by atoms with Crippen molar-refractivity contribution in [2.24, 2.45) is 0 Å². The van der Waals surface area contributed by atoms with E-state index in [0.29, 0.717) is 24.1 Å². The summed E-state index contributed by atoms with van der Waals surface area (Å²) < 4.78 is 0. The lowest BCUT2D eigenvalue weighted by Gasteiger charge is -2.10. The summed E-state index contributed by atoms with van der Waals surface area (Å²) in [5, 5.41) is 2.84. The summed E-state index contributed by atoms with van der Waals surface area (Å²) in [6, 6.07) is 9.20. The van der Waals surface area contributed by atoms with E-state index < -0.39 is 0 Å². The lowest BCUT2D eigenvalue weighted by atomic mass is 10.0. The first-order chi connectivity index (χ1) is 12.6. The molecule has 0 spiro atoms. The summed E-state index contributed by atoms with van der Waals surface area (Å²) in [5.74, 6) is -0.220. The Labute approximate surface area is 151 Å². The number of hydrogen-bond donors (Lipinski definition) is 2. The molecule has 0 radical (unpaired) electrons. The fourth-order valence-corrected chi connectivity index (χ4v) is 2.72. The van der Waals surface area contributed by atoms with Gasteiger partial charge in [-0.15, -0.1) is 0 Å². The first-order valence-electron chi connectivity index (χ1n) is 8.44. The van der Waals surface area contributed by atoms with E-state index in [2.05, 4.69) is 20.3 Å². The number of aryl methyl sites for hydroxylation is 2. The number of nitrogens with zero attached hydrogens (tertiary/aromatic N) is 2. The smallest absolute Gasteiger partial charge is 0.253 e. The summed E-state index contributed by atoms with van der Waals surface area (Å²) in [6.45, 7) is 4.12. The maximum Gasteiger partial charge on any atom is 0.253 e. The van der Waals surface area contributed by atoms with Crippen LogP contribution in [0.5, 0.6) is 0 Å². The van der Waals surface area contributed by atoms with Gasteiger partial charge in [0.25, 0.3) is 11.5 Å². The van der Waals surface area contributed by atoms with Crippen LogP contribution >= 0.6 is 0 Å². The third kappa shape index (κ3) is 3.85. The summed E-state index contributed by atoms with van der Waals surface area (Å²) in [6.07, 6.45) is 5.54. The van der Waals surface area contributed by atoms with E-state index in [-0.39, 0.29) is 11.5 Å². The number of rotatable bonds is 5. The van der Waals surface area contributed by atoms with E-state index >= 15 is 0 Å². The second kappa shape index (κ2) is 7.74. The van der Waals surface area contributed by atoms with Crippen molar-refractivity contribution in [2.45, 2.75) is 26.8 Å². The number of amides is 1. The Morgan fingerprint density at radius 2 is 2.08 bits per heavy atom. The van der Waals surface area contributed by atoms with Crippen LogP contribution in [0.4, 0.5) is 0 Å². The van der Waals surface area contributed by atoms with Crippen LogP contribution in [-0.2, 0) is 13.0 Å². The molecule has 1 amide bonds. The van der Waals surface area contributed by atoms with Crippen LogP contribution in [0, 0.1) is 6.92 Å². The SMILES string of the molecule is CCc1cc(-c2cncc(C(=O)NCc3ccccn3)c2)c(C)[nH]c1=O. The molecule has 0 atom stereocenters. The zero-order chi connectivity index (χ0) is 18.5. The molecule has 0 fully saturated rings. The van der Waals surface area contributed by atoms with E-state index in [1.54, 1.807) is 18.5 Å². The minimum atomic E-state index is -0.220. The van der Waals surface area contributed by atoms with Gasteiger partial charge in [0.15, 0.2) is 0 Å². The Bertz CT molecular complexity index is 981. The van der Waals surface area contributed by atoms with Crippen molar-refractivity contribution in [3.05, 3.63) is 81.8 Å². The second-order valence-electron chi connectivity index (χ2n) is 5.98. The molecule has 0 aliphatic heterocycles. The van der Waals surface area contributed by atoms with Gasteiger partial charge in [-0.25, -0.2) is 0 Å². The van der Waals surface area contributed by atoms with Gasteiger partial charge in [0.1, 0.15) is 0 Å². The number of aromatic amines is 1. The zero-order valence-electron chi connectivity index (χ0n) is 14.7. The van der Waals surface area contributed by atoms with Crippen LogP contribution in [0.2, 0.25) is 0 Å². The predicted octanol–water partition coefficient (Wildman–Crippen LogP) is 2.63. The molecule has 2 N–H and O–H groups in total. The Morgan fingerprint density at radius 1 is 1.23 bits per heavy atom. The van der Waals surface area contributed by atoms with Crippen LogP contribution in [-0.4, -0.2) is 20.9 Å². The molecule has 0 aromatic carbocycles. The third-order valence-corrected chi connectivity index (χ3v) is 4.16. The number of H-pyrrole nitrogens is 1. The summed E-state index contributed by atoms with van der Waals surface area (Å²) in [4.78, 5) is 35.6. The molecule has 3 rings (SSSR count). The van der Waals surface area contributed by atoms with Crippen LogP contribution in [0.3, 0.4) is 0 Å². The van der Waals surface area contributed by atoms with Crippen molar-refractivity contribution in [1.82, 2.24) is 20.3 Å². The number of pyridine rings is 3. The van der Waals surface area contributed by atoms with Crippen molar-refractivity contribution in [1.29, 1.82) is 0 Å². The molecule has 0 bridgehead atoms. The standard InChI is InChI=1S/C20H20N4O2/c1-3-14-9-18(13(2)24-20(14)26)15-8-16(11-21-10-15)19(25)23-12-17-6-4-5-7-22-17/h4-11H,3,12H2,1-2H3,(H,23,25)(H,24,26). The fourth-order valence-electron chi connectivity index (χ4n) is 2.72. The Morgan fingerprint density at radius 3 is 2.81 bits per heavy atom. The summed E-state index contributed by atoms with van der Waals surface area (Å²) in [5.41, 5.74) is 4.28. The number of hydrogen-bond acceptors (Lipinski definition) is 4. The van der Waals surface area contributed by atoms with Gasteiger partial charge >= 0.3 is 0 Å². The van der Waals surface area contributed by atoms with Gasteiger partial charge in [0, 0.05) is 41.0 Å². The Balaban J connectivity index is 1.84. The predicted molar refractivity (Wildman–Crippen MR) is 99.8 cm³/mol. The molecule has 0 aliphatic carbocycles. The third-order valence-electron chi connectivity index (χ3n) is 4.16. The Hall–Kier alpha value is -3.28. The fraction of sp³-hybridized carbons (Fsp3) is 0.200. The van der Waals surface area contributed by atoms with Crippen LogP contribution in [0.1, 0.15) is 34.2 Å². The van der Waals surface area contributed by atoms with E-state index in [4.69, 9.17) is 0 Å². The maximum atomic E-state index is 12.4. The maximum absolute atomic E-state index is 12.4. The molecular weight excluding hydrogens is 328 g/mol. The highest BCUT2D eigenvalue weighted by Gasteiger charge is 2.11. The molecule has 0 saturated heterocycles. The number of nitrogens with one attached hydrogen (secondary N) is 2. The van der Waals surface area contributed by atoms with Crippen molar-refractivity contribution in [2.75, 3.05) is 0 Å². The van der Waals surface area contributed by atoms with Crippen LogP contribution in [0.25, 0.3) is 11.1 Å². The average Bonchev–Trinajstić information content (AvgIpc) is 2.67. The van der Waals surface area contributed by atoms with E-state index in [0.717, 1.165) is 22.5 Å². The lowest BCUT2D eigenvalue weighted by Crippen LogP contribution is -2.23. The number of carbonyl (C=O) groups excluding carboxylic acids is 1. The van der Waals surface area contributed by atoms with Gasteiger partial charge in [-0.1, -0.05) is 13.0 Å². The summed E-state index contributed by atoms with van der Waals surface area (Å²) >= 11 is 0. The monoisotopic (exact) mass is 348 g/mol. The number of aromatic nitrogens is 3. The highest BCUT2D eigenvalue weighted by molar-refractivity contribution is 5.95. The molecule has 0 unspecified atom stereocenters. The number of carbonyl (C=O) groups is 1. The first-order valence-corrected chi connectivity index (χ1v) is 8.44. The van der Waals surface area contributed by atoms with Gasteiger partial charge in [-0.05, 0) is 37.6 Å². The molecule has 6 nitrogen and oxygen atoms in total. The van der Waals surface area contributed by atoms with Crippen molar-refractivity contribution >= 4 is 5.91 Å². The Kier molecular flexibility index (Phi) is 5.22. The second-order valence-corrected chi connectivity index (χ2v) is 5.98. The van der Waals surface area contributed by atoms with Crippen molar-refractivity contribution in [3.63, 3.8) is 0 Å². The molecule has 6 heteroatoms. The average molecular weight is 348 g/mol. The largest absolute Gasteiger partial charge is 0.346 e. The first kappa shape index (κ1) is 17.5. The van der Waals surface area contributed by atoms with Gasteiger partial charge in [-0.3, -0.25) is 19.6 Å². The molecule has 0 aliphatic rings. The molecule has 3 heterocycles. The van der Waals surface area contributed by atoms with Crippen molar-refractivity contribution < 1.29 is 4.79 Å². The minimum Gasteiger partial charge on any atom is -0.346 e. The molecule has 132 valence electrons. The van der Waals surface area contributed by atoms with E-state index in [9.17, 15) is 9.59 Å². The highest BCUT2D eigenvalue weighted by atomic mass is 16.1. The normalized spacial score (nSPS) is 10.5. The highest BCUT2D eigenvalue weighted by Crippen LogP contribution is 2.22. The molecule has 0 saturated carbocycles. The molecule has 3 aromatic rings. The van der Waals surface area contributed by atoms with E-state index in [1.807, 2.05) is 38.1 Å². The van der Waals surface area contributed by atoms with Crippen LogP contribution in [0.15, 0.2) is 53.7 Å². The van der Waals surface area contributed by atoms with Gasteiger partial charge in [-0.2, -0.15) is 0 Å². The minimum absolute atomic E-state index is 0.0778. The summed E-state index contributed by atoms with van der Waals surface area (Å²) in [7, 11) is 0. The molecule has 3 aromatic heterocycles. The zero-order valence-corrected chi connectivity index (χ0v) is 14.7. The van der Waals surface area contributed by atoms with Gasteiger partial charge in [0.2, 0.25) is 0 Å². The quantitative estimate of drug-likeness (QED) is 0.742. The topological polar surface area (TPSA) is 87.7 Å².